The Balaban J connectivity index is 1.53. The minimum atomic E-state index is -0.268. The summed E-state index contributed by atoms with van der Waals surface area (Å²) in [7, 11) is 0. The lowest BCUT2D eigenvalue weighted by molar-refractivity contribution is -0.120. The zero-order valence-electron chi connectivity index (χ0n) is 16.8. The van der Waals surface area contributed by atoms with Gasteiger partial charge in [-0.05, 0) is 68.7 Å². The second-order valence-corrected chi connectivity index (χ2v) is 9.33. The van der Waals surface area contributed by atoms with Gasteiger partial charge in [0.25, 0.3) is 0 Å². The maximum absolute atomic E-state index is 12.5. The molecule has 2 aromatic carbocycles. The number of carbonyl (C=O) groups excluding carboxylic acids is 2. The predicted molar refractivity (Wildman–Crippen MR) is 122 cm³/mol. The average molecular weight is 431 g/mol. The lowest BCUT2D eigenvalue weighted by atomic mass is 9.88. The van der Waals surface area contributed by atoms with Crippen LogP contribution in [0.3, 0.4) is 0 Å². The van der Waals surface area contributed by atoms with Gasteiger partial charge in [0.1, 0.15) is 0 Å². The molecule has 0 spiro atoms. The monoisotopic (exact) mass is 430 g/mol. The van der Waals surface area contributed by atoms with Crippen molar-refractivity contribution >= 4 is 46.6 Å². The molecule has 1 aliphatic rings. The Kier molecular flexibility index (Phi) is 7.62. The molecule has 6 heteroatoms. The maximum atomic E-state index is 12.5. The number of thioether (sulfide) groups is 1. The molecule has 1 saturated carbocycles. The van der Waals surface area contributed by atoms with E-state index in [-0.39, 0.29) is 23.0 Å². The Morgan fingerprint density at radius 3 is 2.41 bits per heavy atom. The molecule has 0 aliphatic heterocycles. The predicted octanol–water partition coefficient (Wildman–Crippen LogP) is 6.29. The van der Waals surface area contributed by atoms with E-state index in [0.29, 0.717) is 5.02 Å². The number of hydrogen-bond donors (Lipinski definition) is 2. The first kappa shape index (κ1) is 21.7. The number of anilines is 2. The highest BCUT2D eigenvalue weighted by Gasteiger charge is 2.21. The summed E-state index contributed by atoms with van der Waals surface area (Å²) < 4.78 is 0. The van der Waals surface area contributed by atoms with Crippen molar-refractivity contribution < 1.29 is 9.59 Å². The molecule has 3 rings (SSSR count). The van der Waals surface area contributed by atoms with Crippen LogP contribution in [0.25, 0.3) is 0 Å². The van der Waals surface area contributed by atoms with E-state index in [1.165, 1.54) is 18.2 Å². The van der Waals surface area contributed by atoms with E-state index in [0.717, 1.165) is 47.5 Å². The van der Waals surface area contributed by atoms with Crippen LogP contribution in [-0.4, -0.2) is 17.1 Å². The van der Waals surface area contributed by atoms with Crippen molar-refractivity contribution in [2.24, 2.45) is 5.92 Å². The number of rotatable bonds is 6. The molecule has 154 valence electrons. The number of halogens is 1. The Morgan fingerprint density at radius 2 is 1.72 bits per heavy atom. The van der Waals surface area contributed by atoms with Crippen LogP contribution in [0.4, 0.5) is 11.4 Å². The molecule has 2 aromatic rings. The molecule has 1 atom stereocenters. The summed E-state index contributed by atoms with van der Waals surface area (Å²) >= 11 is 7.60. The summed E-state index contributed by atoms with van der Waals surface area (Å²) in [6.45, 7) is 3.76. The Labute approximate surface area is 181 Å². The van der Waals surface area contributed by atoms with Crippen LogP contribution in [0, 0.1) is 12.8 Å². The van der Waals surface area contributed by atoms with Gasteiger partial charge in [0.15, 0.2) is 0 Å². The van der Waals surface area contributed by atoms with Crippen molar-refractivity contribution in [2.75, 3.05) is 10.6 Å². The summed E-state index contributed by atoms with van der Waals surface area (Å²) in [6.07, 6.45) is 5.49. The van der Waals surface area contributed by atoms with Gasteiger partial charge in [-0.25, -0.2) is 0 Å². The second kappa shape index (κ2) is 10.2. The highest BCUT2D eigenvalue weighted by Crippen LogP contribution is 2.29. The first-order valence-electron chi connectivity index (χ1n) is 10.1. The van der Waals surface area contributed by atoms with Crippen LogP contribution in [0.2, 0.25) is 5.02 Å². The highest BCUT2D eigenvalue weighted by atomic mass is 35.5. The van der Waals surface area contributed by atoms with E-state index >= 15 is 0 Å². The molecule has 1 aliphatic carbocycles. The molecule has 0 saturated heterocycles. The fourth-order valence-corrected chi connectivity index (χ4v) is 4.50. The van der Waals surface area contributed by atoms with Gasteiger partial charge in [-0.15, -0.1) is 11.8 Å². The van der Waals surface area contributed by atoms with E-state index in [4.69, 9.17) is 11.6 Å². The minimum absolute atomic E-state index is 0.0740. The number of hydrogen-bond acceptors (Lipinski definition) is 3. The van der Waals surface area contributed by atoms with Crippen LogP contribution in [0.5, 0.6) is 0 Å². The molecule has 1 unspecified atom stereocenters. The molecule has 2 amide bonds. The molecular weight excluding hydrogens is 404 g/mol. The van der Waals surface area contributed by atoms with E-state index in [1.807, 2.05) is 50.2 Å². The van der Waals surface area contributed by atoms with Crippen LogP contribution >= 0.6 is 23.4 Å². The largest absolute Gasteiger partial charge is 0.326 e. The molecule has 0 heterocycles. The topological polar surface area (TPSA) is 58.2 Å². The van der Waals surface area contributed by atoms with Gasteiger partial charge in [-0.2, -0.15) is 0 Å². The number of amides is 2. The van der Waals surface area contributed by atoms with Crippen molar-refractivity contribution in [2.45, 2.75) is 56.1 Å². The van der Waals surface area contributed by atoms with Crippen LogP contribution in [0.1, 0.15) is 44.6 Å². The number of benzene rings is 2. The van der Waals surface area contributed by atoms with Crippen molar-refractivity contribution in [3.63, 3.8) is 0 Å². The third-order valence-electron chi connectivity index (χ3n) is 5.31. The molecule has 0 bridgehead atoms. The molecule has 1 fully saturated rings. The fourth-order valence-electron chi connectivity index (χ4n) is 3.46. The van der Waals surface area contributed by atoms with Crippen LogP contribution in [0.15, 0.2) is 47.4 Å². The van der Waals surface area contributed by atoms with Gasteiger partial charge in [0.05, 0.1) is 5.25 Å². The SMILES string of the molecule is Cc1c(Cl)cccc1NC(=O)C(C)Sc1ccc(NC(=O)C2CCCCC2)cc1. The first-order chi connectivity index (χ1) is 13.9. The smallest absolute Gasteiger partial charge is 0.237 e. The second-order valence-electron chi connectivity index (χ2n) is 7.51. The Bertz CT molecular complexity index is 864. The zero-order chi connectivity index (χ0) is 20.8. The van der Waals surface area contributed by atoms with E-state index in [1.54, 1.807) is 6.07 Å². The average Bonchev–Trinajstić information content (AvgIpc) is 2.73. The molecular formula is C23H27ClN2O2S. The molecule has 4 nitrogen and oxygen atoms in total. The van der Waals surface area contributed by atoms with Crippen molar-refractivity contribution in [1.82, 2.24) is 0 Å². The summed E-state index contributed by atoms with van der Waals surface area (Å²) in [5, 5.41) is 6.33. The van der Waals surface area contributed by atoms with Crippen molar-refractivity contribution in [3.05, 3.63) is 53.1 Å². The van der Waals surface area contributed by atoms with Crippen molar-refractivity contribution in [1.29, 1.82) is 0 Å². The molecule has 0 radical (unpaired) electrons. The summed E-state index contributed by atoms with van der Waals surface area (Å²) in [4.78, 5) is 25.9. The van der Waals surface area contributed by atoms with Crippen molar-refractivity contribution in [3.8, 4) is 0 Å². The molecule has 29 heavy (non-hydrogen) atoms. The third-order valence-corrected chi connectivity index (χ3v) is 6.83. The first-order valence-corrected chi connectivity index (χ1v) is 11.3. The normalized spacial score (nSPS) is 15.6. The van der Waals surface area contributed by atoms with Crippen LogP contribution < -0.4 is 10.6 Å². The molecule has 2 N–H and O–H groups in total. The maximum Gasteiger partial charge on any atom is 0.237 e. The highest BCUT2D eigenvalue weighted by molar-refractivity contribution is 8.00. The van der Waals surface area contributed by atoms with Gasteiger partial charge in [-0.1, -0.05) is 36.9 Å². The summed E-state index contributed by atoms with van der Waals surface area (Å²) in [5.41, 5.74) is 2.39. The van der Waals surface area contributed by atoms with Gasteiger partial charge in [0, 0.05) is 27.2 Å². The number of nitrogens with one attached hydrogen (secondary N) is 2. The van der Waals surface area contributed by atoms with E-state index in [9.17, 15) is 9.59 Å². The quantitative estimate of drug-likeness (QED) is 0.529. The van der Waals surface area contributed by atoms with E-state index < -0.39 is 0 Å². The fraction of sp³-hybridized carbons (Fsp3) is 0.391. The lowest BCUT2D eigenvalue weighted by Crippen LogP contribution is -2.24. The van der Waals surface area contributed by atoms with Gasteiger partial charge in [0.2, 0.25) is 11.8 Å². The third kappa shape index (κ3) is 6.00. The Hall–Kier alpha value is -1.98. The van der Waals surface area contributed by atoms with Gasteiger partial charge >= 0.3 is 0 Å². The Morgan fingerprint density at radius 1 is 1.03 bits per heavy atom. The van der Waals surface area contributed by atoms with Gasteiger partial charge in [-0.3, -0.25) is 9.59 Å². The van der Waals surface area contributed by atoms with E-state index in [2.05, 4.69) is 10.6 Å². The number of carbonyl (C=O) groups is 2. The minimum Gasteiger partial charge on any atom is -0.326 e. The summed E-state index contributed by atoms with van der Waals surface area (Å²) in [6, 6.07) is 13.2. The molecule has 0 aromatic heterocycles. The summed E-state index contributed by atoms with van der Waals surface area (Å²) in [5.74, 6) is 0.182. The standard InChI is InChI=1S/C23H27ClN2O2S/c1-15-20(24)9-6-10-21(15)26-22(27)16(2)29-19-13-11-18(12-14-19)25-23(28)17-7-4-3-5-8-17/h6,9-14,16-17H,3-5,7-8H2,1-2H3,(H,25,28)(H,26,27). The van der Waals surface area contributed by atoms with Gasteiger partial charge < -0.3 is 10.6 Å². The zero-order valence-corrected chi connectivity index (χ0v) is 18.4. The van der Waals surface area contributed by atoms with Crippen LogP contribution in [-0.2, 0) is 9.59 Å². The lowest BCUT2D eigenvalue weighted by Gasteiger charge is -2.20.